The fraction of sp³-hybridized carbons (Fsp3) is 0.533. The van der Waals surface area contributed by atoms with Crippen LogP contribution in [0, 0.1) is 17.8 Å². The second kappa shape index (κ2) is 4.46. The van der Waals surface area contributed by atoms with E-state index in [1.165, 1.54) is 12.8 Å². The zero-order valence-electron chi connectivity index (χ0n) is 10.7. The lowest BCUT2D eigenvalue weighted by molar-refractivity contribution is 0.250. The minimum absolute atomic E-state index is 0.584. The summed E-state index contributed by atoms with van der Waals surface area (Å²) in [5, 5.41) is 7.31. The van der Waals surface area contributed by atoms with Gasteiger partial charge in [0, 0.05) is 12.2 Å². The molecule has 100 valence electrons. The van der Waals surface area contributed by atoms with Crippen LogP contribution < -0.4 is 10.6 Å². The maximum Gasteiger partial charge on any atom is 0.170 e. The summed E-state index contributed by atoms with van der Waals surface area (Å²) in [5.41, 5.74) is 1.04. The van der Waals surface area contributed by atoms with Crippen LogP contribution in [0.4, 0.5) is 5.69 Å². The van der Waals surface area contributed by atoms with Crippen LogP contribution in [-0.2, 0) is 4.74 Å². The number of para-hydroxylation sites is 1. The molecule has 1 aromatic carbocycles. The van der Waals surface area contributed by atoms with Crippen molar-refractivity contribution < 1.29 is 4.74 Å². The largest absolute Gasteiger partial charge is 0.369 e. The van der Waals surface area contributed by atoms with Gasteiger partial charge in [-0.25, -0.2) is 0 Å². The minimum atomic E-state index is 0.584. The lowest BCUT2D eigenvalue weighted by Gasteiger charge is -2.20. The highest BCUT2D eigenvalue weighted by atomic mass is 32.1. The molecule has 1 aromatic rings. The highest BCUT2D eigenvalue weighted by molar-refractivity contribution is 7.80. The molecular formula is C15H18N2OS. The third-order valence-corrected chi connectivity index (χ3v) is 5.04. The van der Waals surface area contributed by atoms with E-state index in [1.54, 1.807) is 0 Å². The van der Waals surface area contributed by atoms with Gasteiger partial charge in [0.05, 0.1) is 12.2 Å². The molecule has 2 N–H and O–H groups in total. The molecule has 0 aromatic heterocycles. The van der Waals surface area contributed by atoms with Crippen molar-refractivity contribution in [2.45, 2.75) is 25.0 Å². The fourth-order valence-electron chi connectivity index (χ4n) is 3.89. The van der Waals surface area contributed by atoms with Crippen LogP contribution in [0.25, 0.3) is 0 Å². The van der Waals surface area contributed by atoms with Crippen LogP contribution in [0.15, 0.2) is 30.3 Å². The van der Waals surface area contributed by atoms with Crippen molar-refractivity contribution in [3.63, 3.8) is 0 Å². The van der Waals surface area contributed by atoms with Crippen LogP contribution in [0.3, 0.4) is 0 Å². The van der Waals surface area contributed by atoms with Gasteiger partial charge in [-0.05, 0) is 54.9 Å². The van der Waals surface area contributed by atoms with Gasteiger partial charge in [0.25, 0.3) is 0 Å². The third-order valence-electron chi connectivity index (χ3n) is 4.79. The van der Waals surface area contributed by atoms with Crippen molar-refractivity contribution >= 4 is 23.0 Å². The Kier molecular flexibility index (Phi) is 2.74. The average Bonchev–Trinajstić information content (AvgIpc) is 3.04. The van der Waals surface area contributed by atoms with Crippen LogP contribution in [0.2, 0.25) is 0 Å². The second-order valence-electron chi connectivity index (χ2n) is 5.92. The maximum atomic E-state index is 5.70. The van der Waals surface area contributed by atoms with E-state index >= 15 is 0 Å². The molecule has 3 nitrogen and oxygen atoms in total. The summed E-state index contributed by atoms with van der Waals surface area (Å²) >= 11 is 5.34. The van der Waals surface area contributed by atoms with Crippen LogP contribution in [-0.4, -0.2) is 23.9 Å². The monoisotopic (exact) mass is 274 g/mol. The van der Waals surface area contributed by atoms with Crippen molar-refractivity contribution in [3.05, 3.63) is 30.3 Å². The first-order valence-electron chi connectivity index (χ1n) is 7.06. The lowest BCUT2D eigenvalue weighted by Crippen LogP contribution is -2.35. The van der Waals surface area contributed by atoms with E-state index < -0.39 is 0 Å². The van der Waals surface area contributed by atoms with Crippen molar-refractivity contribution in [2.24, 2.45) is 17.8 Å². The summed E-state index contributed by atoms with van der Waals surface area (Å²) in [7, 11) is 0. The number of ether oxygens (including phenoxy) is 1. The van der Waals surface area contributed by atoms with E-state index in [9.17, 15) is 0 Å². The van der Waals surface area contributed by atoms with Crippen LogP contribution >= 0.6 is 12.2 Å². The second-order valence-corrected chi connectivity index (χ2v) is 6.33. The molecule has 0 unspecified atom stereocenters. The Bertz CT molecular complexity index is 492. The molecule has 1 saturated heterocycles. The van der Waals surface area contributed by atoms with E-state index in [2.05, 4.69) is 10.6 Å². The molecule has 1 heterocycles. The smallest absolute Gasteiger partial charge is 0.170 e. The van der Waals surface area contributed by atoms with Gasteiger partial charge in [-0.2, -0.15) is 0 Å². The number of hydrogen-bond acceptors (Lipinski definition) is 2. The Morgan fingerprint density at radius 3 is 2.79 bits per heavy atom. The van der Waals surface area contributed by atoms with E-state index in [4.69, 9.17) is 17.0 Å². The Labute approximate surface area is 118 Å². The van der Waals surface area contributed by atoms with Gasteiger partial charge < -0.3 is 15.4 Å². The number of epoxide rings is 1. The van der Waals surface area contributed by atoms with Crippen LogP contribution in [0.5, 0.6) is 0 Å². The summed E-state index contributed by atoms with van der Waals surface area (Å²) in [6.07, 6.45) is 3.89. The van der Waals surface area contributed by atoms with Gasteiger partial charge >= 0.3 is 0 Å². The van der Waals surface area contributed by atoms with Gasteiger partial charge in [0.2, 0.25) is 0 Å². The number of nitrogens with one attached hydrogen (secondary N) is 2. The molecule has 3 fully saturated rings. The molecule has 5 atom stereocenters. The van der Waals surface area contributed by atoms with Crippen molar-refractivity contribution in [1.29, 1.82) is 0 Å². The standard InChI is InChI=1S/C15H18N2OS/c19-15(17-11-4-2-1-3-5-11)16-8-10-6-9-7-12(10)14-13(9)18-14/h1-5,9-10,12-14H,6-8H2,(H2,16,17,19)/t9-,10-,12+,13+,14+/m0/s1. The number of rotatable bonds is 3. The normalized spacial score (nSPS) is 37.8. The summed E-state index contributed by atoms with van der Waals surface area (Å²) in [4.78, 5) is 0. The van der Waals surface area contributed by atoms with E-state index in [0.29, 0.717) is 12.2 Å². The Balaban J connectivity index is 1.28. The first-order chi connectivity index (χ1) is 9.31. The summed E-state index contributed by atoms with van der Waals surface area (Å²) in [6.45, 7) is 0.979. The molecule has 2 aliphatic carbocycles. The molecule has 0 spiro atoms. The lowest BCUT2D eigenvalue weighted by atomic mass is 9.89. The fourth-order valence-corrected chi connectivity index (χ4v) is 4.09. The highest BCUT2D eigenvalue weighted by Crippen LogP contribution is 2.58. The Morgan fingerprint density at radius 2 is 2.05 bits per heavy atom. The van der Waals surface area contributed by atoms with Crippen LogP contribution in [0.1, 0.15) is 12.8 Å². The number of hydrogen-bond donors (Lipinski definition) is 2. The minimum Gasteiger partial charge on any atom is -0.369 e. The number of anilines is 1. The van der Waals surface area contributed by atoms with Crippen molar-refractivity contribution in [2.75, 3.05) is 11.9 Å². The van der Waals surface area contributed by atoms with E-state index in [0.717, 1.165) is 35.1 Å². The third kappa shape index (κ3) is 2.13. The summed E-state index contributed by atoms with van der Waals surface area (Å²) in [5.74, 6) is 2.35. The Hall–Kier alpha value is -1.13. The number of thiocarbonyl (C=S) groups is 1. The summed E-state index contributed by atoms with van der Waals surface area (Å²) in [6, 6.07) is 10.1. The first kappa shape index (κ1) is 11.7. The molecule has 2 saturated carbocycles. The zero-order valence-corrected chi connectivity index (χ0v) is 11.5. The topological polar surface area (TPSA) is 36.6 Å². The molecule has 19 heavy (non-hydrogen) atoms. The maximum absolute atomic E-state index is 5.70. The predicted molar refractivity (Wildman–Crippen MR) is 79.0 cm³/mol. The number of benzene rings is 1. The van der Waals surface area contributed by atoms with Gasteiger partial charge in [-0.15, -0.1) is 0 Å². The molecule has 3 aliphatic rings. The molecule has 0 radical (unpaired) electrons. The number of fused-ring (bicyclic) bond motifs is 5. The Morgan fingerprint density at radius 1 is 1.21 bits per heavy atom. The molecular weight excluding hydrogens is 256 g/mol. The zero-order chi connectivity index (χ0) is 12.8. The molecule has 4 rings (SSSR count). The molecule has 0 amide bonds. The molecule has 4 heteroatoms. The molecule has 2 bridgehead atoms. The highest BCUT2D eigenvalue weighted by Gasteiger charge is 2.62. The van der Waals surface area contributed by atoms with Gasteiger partial charge in [-0.1, -0.05) is 18.2 Å². The van der Waals surface area contributed by atoms with Crippen molar-refractivity contribution in [3.8, 4) is 0 Å². The van der Waals surface area contributed by atoms with Crippen molar-refractivity contribution in [1.82, 2.24) is 5.32 Å². The van der Waals surface area contributed by atoms with Gasteiger partial charge in [-0.3, -0.25) is 0 Å². The van der Waals surface area contributed by atoms with Gasteiger partial charge in [0.15, 0.2) is 5.11 Å². The van der Waals surface area contributed by atoms with E-state index in [1.807, 2.05) is 30.3 Å². The molecule has 1 aliphatic heterocycles. The van der Waals surface area contributed by atoms with E-state index in [-0.39, 0.29) is 0 Å². The average molecular weight is 274 g/mol. The first-order valence-corrected chi connectivity index (χ1v) is 7.47. The SMILES string of the molecule is S=C(NC[C@@H]1C[C@H]2C[C@H]1[C@H]1O[C@H]21)Nc1ccccc1. The quantitative estimate of drug-likeness (QED) is 0.655. The predicted octanol–water partition coefficient (Wildman–Crippen LogP) is 2.40. The summed E-state index contributed by atoms with van der Waals surface area (Å²) < 4.78 is 5.70. The van der Waals surface area contributed by atoms with Gasteiger partial charge in [0.1, 0.15) is 0 Å².